The van der Waals surface area contributed by atoms with E-state index in [9.17, 15) is 10.1 Å². The number of nitrogens with one attached hydrogen (secondary N) is 1. The summed E-state index contributed by atoms with van der Waals surface area (Å²) in [6.45, 7) is 11.1. The van der Waals surface area contributed by atoms with E-state index in [1.165, 1.54) is 83.5 Å². The Morgan fingerprint density at radius 3 is 1.81 bits per heavy atom. The van der Waals surface area contributed by atoms with E-state index in [1.54, 1.807) is 20.5 Å². The van der Waals surface area contributed by atoms with Crippen LogP contribution in [0.4, 0.5) is 5.95 Å². The molecule has 1 unspecified atom stereocenters. The van der Waals surface area contributed by atoms with Crippen molar-refractivity contribution >= 4 is 25.6 Å². The summed E-state index contributed by atoms with van der Waals surface area (Å²) in [6, 6.07) is 28.5. The number of rotatable bonds is 34. The largest absolute Gasteiger partial charge is 0.497 e. The first-order chi connectivity index (χ1) is 35.6. The van der Waals surface area contributed by atoms with Crippen molar-refractivity contribution in [2.75, 3.05) is 33.2 Å². The average molecular weight is 1020 g/mol. The number of benzene rings is 3. The van der Waals surface area contributed by atoms with Crippen LogP contribution in [0.15, 0.2) is 90.0 Å². The zero-order valence-electron chi connectivity index (χ0n) is 44.8. The molecule has 3 aromatic carbocycles. The number of fused-ring (bicyclic) bond motifs is 1. The summed E-state index contributed by atoms with van der Waals surface area (Å²) in [6.07, 6.45) is 21.1. The highest BCUT2D eigenvalue weighted by Gasteiger charge is 2.50. The van der Waals surface area contributed by atoms with Crippen molar-refractivity contribution in [3.05, 3.63) is 112 Å². The lowest BCUT2D eigenvalue weighted by Gasteiger charge is -2.39. The lowest BCUT2D eigenvalue weighted by atomic mass is 9.80. The standard InChI is InChI=1S/C58H84N7O7P/c1-8-9-10-11-12-13-14-15-16-17-18-19-20-21-22-26-30-50-53(72-73(70-40-27-39-59)65(43(2)3)44(4)5)51(71-56(50)64-42-61-52-54(64)62-57(60)63-55(52)66)41-69-58(45-28-24-23-25-29-45,46-31-35-48(67-6)36-32-46)47-33-37-49(68-7)38-34-47/h23-25,28-29,31-38,42-44,50-51,53,56H,8-22,26-27,30,40-41H2,1-7H3,(H3,60,62,63,66)/t50-,51-,53+,56-,73?/m1/s1. The monoisotopic (exact) mass is 1020 g/mol. The molecular weight excluding hydrogens is 938 g/mol. The van der Waals surface area contributed by atoms with Crippen LogP contribution in [0.2, 0.25) is 0 Å². The van der Waals surface area contributed by atoms with Gasteiger partial charge in [-0.2, -0.15) is 10.2 Å². The Hall–Kier alpha value is -4.87. The SMILES string of the molecule is CCCCCCCCCCCCCCCCCC[C@@H]1[C@H](OP(OCCC#N)N(C(C)C)C(C)C)[C@@H](COC(c2ccccc2)(c2ccc(OC)cc2)c2ccc(OC)cc2)O[C@H]1n1cnc2c(=O)[nH]c(N)nc21. The van der Waals surface area contributed by atoms with E-state index < -0.39 is 38.1 Å². The first kappa shape index (κ1) is 57.4. The maximum absolute atomic E-state index is 13.3. The van der Waals surface area contributed by atoms with Crippen LogP contribution in [0.5, 0.6) is 11.5 Å². The molecule has 2 aromatic heterocycles. The Morgan fingerprint density at radius 2 is 1.30 bits per heavy atom. The molecule has 0 spiro atoms. The minimum absolute atomic E-state index is 0.00941. The van der Waals surface area contributed by atoms with Gasteiger partial charge in [0.1, 0.15) is 35.5 Å². The molecule has 73 heavy (non-hydrogen) atoms. The van der Waals surface area contributed by atoms with Gasteiger partial charge in [-0.15, -0.1) is 0 Å². The number of H-pyrrole nitrogens is 1. The number of methoxy groups -OCH3 is 2. The van der Waals surface area contributed by atoms with E-state index in [2.05, 4.69) is 72.4 Å². The fourth-order valence-electron chi connectivity index (χ4n) is 10.4. The fraction of sp³-hybridized carbons (Fsp3) is 0.586. The molecule has 1 aliphatic rings. The second-order valence-electron chi connectivity index (χ2n) is 20.0. The lowest BCUT2D eigenvalue weighted by molar-refractivity contribution is -0.0918. The predicted molar refractivity (Wildman–Crippen MR) is 292 cm³/mol. The number of anilines is 1. The molecule has 6 rings (SSSR count). The molecular formula is C58H84N7O7P. The van der Waals surface area contributed by atoms with Crippen molar-refractivity contribution < 1.29 is 28.0 Å². The van der Waals surface area contributed by atoms with Crippen LogP contribution in [-0.2, 0) is 24.1 Å². The Morgan fingerprint density at radius 1 is 0.781 bits per heavy atom. The number of hydrogen-bond acceptors (Lipinski definition) is 12. The van der Waals surface area contributed by atoms with Gasteiger partial charge in [0.15, 0.2) is 11.2 Å². The second kappa shape index (κ2) is 29.9. The molecule has 1 aliphatic heterocycles. The van der Waals surface area contributed by atoms with Gasteiger partial charge in [-0.25, -0.2) is 9.65 Å². The van der Waals surface area contributed by atoms with Gasteiger partial charge in [0.2, 0.25) is 5.95 Å². The number of nitriles is 1. The maximum atomic E-state index is 13.3. The molecule has 0 aliphatic carbocycles. The molecule has 5 aromatic rings. The molecule has 0 bridgehead atoms. The van der Waals surface area contributed by atoms with E-state index in [-0.39, 0.29) is 49.1 Å². The van der Waals surface area contributed by atoms with Crippen molar-refractivity contribution in [2.24, 2.45) is 5.92 Å². The molecule has 1 saturated heterocycles. The zero-order valence-corrected chi connectivity index (χ0v) is 45.7. The number of imidazole rings is 1. The van der Waals surface area contributed by atoms with Gasteiger partial charge in [-0.05, 0) is 75.1 Å². The van der Waals surface area contributed by atoms with Crippen LogP contribution in [0, 0.1) is 17.2 Å². The summed E-state index contributed by atoms with van der Waals surface area (Å²) in [5.74, 6) is 1.17. The number of aromatic nitrogens is 4. The summed E-state index contributed by atoms with van der Waals surface area (Å²) >= 11 is 0. The molecule has 15 heteroatoms. The van der Waals surface area contributed by atoms with Crippen molar-refractivity contribution in [3.63, 3.8) is 0 Å². The van der Waals surface area contributed by atoms with E-state index in [1.807, 2.05) is 71.3 Å². The molecule has 0 amide bonds. The number of hydrogen-bond donors (Lipinski definition) is 2. The molecule has 398 valence electrons. The van der Waals surface area contributed by atoms with Crippen LogP contribution in [0.1, 0.15) is 173 Å². The predicted octanol–water partition coefficient (Wildman–Crippen LogP) is 13.6. The van der Waals surface area contributed by atoms with Crippen LogP contribution in [0.3, 0.4) is 0 Å². The number of ether oxygens (including phenoxy) is 4. The van der Waals surface area contributed by atoms with Gasteiger partial charge in [0.25, 0.3) is 14.1 Å². The maximum Gasteiger partial charge on any atom is 0.280 e. The Bertz CT molecular complexity index is 2390. The topological polar surface area (TPSA) is 172 Å². The summed E-state index contributed by atoms with van der Waals surface area (Å²) in [7, 11) is 1.60. The van der Waals surface area contributed by atoms with Gasteiger partial charge < -0.3 is 33.7 Å². The van der Waals surface area contributed by atoms with Crippen LogP contribution in [-0.4, -0.2) is 75.9 Å². The third-order valence-corrected chi connectivity index (χ3v) is 16.2. The van der Waals surface area contributed by atoms with Gasteiger partial charge in [-0.1, -0.05) is 164 Å². The third kappa shape index (κ3) is 15.6. The van der Waals surface area contributed by atoms with E-state index in [4.69, 9.17) is 33.7 Å². The summed E-state index contributed by atoms with van der Waals surface area (Å²) < 4.78 is 44.3. The van der Waals surface area contributed by atoms with Gasteiger partial charge in [0.05, 0.1) is 46.3 Å². The molecule has 5 atom stereocenters. The van der Waals surface area contributed by atoms with Crippen molar-refractivity contribution in [2.45, 2.75) is 186 Å². The fourth-order valence-corrected chi connectivity index (χ4v) is 12.2. The highest BCUT2D eigenvalue weighted by molar-refractivity contribution is 7.44. The first-order valence-electron chi connectivity index (χ1n) is 27.2. The second-order valence-corrected chi connectivity index (χ2v) is 21.4. The molecule has 0 saturated carbocycles. The summed E-state index contributed by atoms with van der Waals surface area (Å²) in [5.41, 5.74) is 7.82. The van der Waals surface area contributed by atoms with Crippen molar-refractivity contribution in [1.29, 1.82) is 5.26 Å². The first-order valence-corrected chi connectivity index (χ1v) is 28.3. The van der Waals surface area contributed by atoms with E-state index in [0.29, 0.717) is 5.65 Å². The Balaban J connectivity index is 1.33. The third-order valence-electron chi connectivity index (χ3n) is 14.1. The van der Waals surface area contributed by atoms with Crippen LogP contribution in [0.25, 0.3) is 11.2 Å². The van der Waals surface area contributed by atoms with Crippen molar-refractivity contribution in [3.8, 4) is 17.6 Å². The minimum Gasteiger partial charge on any atom is -0.497 e. The molecule has 1 fully saturated rings. The molecule has 0 radical (unpaired) electrons. The van der Waals surface area contributed by atoms with Crippen LogP contribution >= 0.6 is 8.53 Å². The lowest BCUT2D eigenvalue weighted by Crippen LogP contribution is -2.41. The number of nitrogen functional groups attached to an aromatic ring is 1. The molecule has 14 nitrogen and oxygen atoms in total. The number of aromatic amines is 1. The molecule has 3 N–H and O–H groups in total. The van der Waals surface area contributed by atoms with E-state index >= 15 is 0 Å². The minimum atomic E-state index is -1.72. The smallest absolute Gasteiger partial charge is 0.280 e. The molecule has 3 heterocycles. The highest BCUT2D eigenvalue weighted by Crippen LogP contribution is 2.53. The van der Waals surface area contributed by atoms with Crippen LogP contribution < -0.4 is 20.8 Å². The number of unbranched alkanes of at least 4 members (excludes halogenated alkanes) is 15. The summed E-state index contributed by atoms with van der Waals surface area (Å²) in [5, 5.41) is 9.65. The Kier molecular flexibility index (Phi) is 23.5. The van der Waals surface area contributed by atoms with Gasteiger partial charge in [0, 0.05) is 18.0 Å². The Labute approximate surface area is 436 Å². The number of nitrogens with zero attached hydrogens (tertiary/aromatic N) is 5. The van der Waals surface area contributed by atoms with Gasteiger partial charge >= 0.3 is 0 Å². The summed E-state index contributed by atoms with van der Waals surface area (Å²) in [4.78, 5) is 25.0. The normalized spacial score (nSPS) is 17.5. The number of nitrogens with two attached hydrogens (primary N) is 1. The van der Waals surface area contributed by atoms with E-state index in [0.717, 1.165) is 53.9 Å². The average Bonchev–Trinajstić information content (AvgIpc) is 3.97. The quantitative estimate of drug-likeness (QED) is 0.0227. The highest BCUT2D eigenvalue weighted by atomic mass is 31.2. The van der Waals surface area contributed by atoms with Crippen molar-refractivity contribution in [1.82, 2.24) is 24.2 Å². The van der Waals surface area contributed by atoms with Gasteiger partial charge in [-0.3, -0.25) is 14.3 Å². The zero-order chi connectivity index (χ0) is 52.0.